The number of esters is 1. The maximum absolute atomic E-state index is 14.8. The second-order valence-corrected chi connectivity index (χ2v) is 25.9. The van der Waals surface area contributed by atoms with E-state index in [0.717, 1.165) is 5.57 Å². The number of hydrogen-bond acceptors (Lipinski definition) is 23. The van der Waals surface area contributed by atoms with Crippen molar-refractivity contribution < 1.29 is 72.5 Å². The summed E-state index contributed by atoms with van der Waals surface area (Å²) in [5.74, 6) is -7.26. The molecule has 93 heavy (non-hydrogen) atoms. The number of piperazine rings is 1. The van der Waals surface area contributed by atoms with Gasteiger partial charge in [-0.25, -0.2) is 24.5 Å². The number of aromatic nitrogens is 4. The normalized spacial score (nSPS) is 33.4. The number of methoxy groups -OCH3 is 3. The van der Waals surface area contributed by atoms with Crippen LogP contribution in [-0.4, -0.2) is 203 Å². The molecule has 2 aromatic heterocycles. The van der Waals surface area contributed by atoms with Gasteiger partial charge in [-0.2, -0.15) is 4.98 Å². The summed E-state index contributed by atoms with van der Waals surface area (Å²) >= 11 is 0. The Morgan fingerprint density at radius 1 is 0.774 bits per heavy atom. The quantitative estimate of drug-likeness (QED) is 0.0801. The van der Waals surface area contributed by atoms with Gasteiger partial charge in [0.2, 0.25) is 17.7 Å². The average Bonchev–Trinajstić information content (AvgIpc) is 0.788. The number of piperidine rings is 1. The Balaban J connectivity index is 1.02. The number of fused-ring (bicyclic) bond motifs is 3. The molecule has 4 aliphatic heterocycles. The Labute approximate surface area is 546 Å². The zero-order chi connectivity index (χ0) is 67.7. The Morgan fingerprint density at radius 2 is 1.46 bits per heavy atom. The standard InChI is InChI=1S/C67H101N11O15/c1-11-70-61(83)48-38-73-65(75-60(48)69)77-27-25-76(26-28-77)64-71-35-46(36-72-64)37-74-66(86)92-51-23-21-45(32-55(51)90-10)31-49(68)54-34-53(89-9)41(4)30-43(6)57(80)58(81)56(79)42(5)29-39(2)17-13-12-14-18-40(3)52(88-8)33-47-22-20-44(7)67(87,93-47)59(82)62(84)78-24-16-15-19-50(78)63(85)91-54/h12-14,17-18,30,35-36,38-39,41-42,44-45,47,49-55,57-58,80-81,87H,11,15-16,19-29,31-34,37,68H2,1-10H3,(H,70,83)(H,74,86)(H2,69,73,75)/b14-12+,17-13+,40-18+,43-30+/t39-,41-,42-,44-,45+,47+,49-,50+,51-,52+,53-,54+,55-,57-,58+,67-/m1/s1. The first-order valence-corrected chi connectivity index (χ1v) is 33.0. The van der Waals surface area contributed by atoms with Crippen LogP contribution in [0.25, 0.3) is 0 Å². The van der Waals surface area contributed by atoms with Crippen molar-refractivity contribution in [3.8, 4) is 0 Å². The predicted octanol–water partition coefficient (Wildman–Crippen LogP) is 4.84. The summed E-state index contributed by atoms with van der Waals surface area (Å²) in [5.41, 5.74) is 15.3. The molecular formula is C67H101N11O15. The molecule has 26 heteroatoms. The Bertz CT molecular complexity index is 2980. The molecule has 4 fully saturated rings. The summed E-state index contributed by atoms with van der Waals surface area (Å²) in [6, 6.07) is -2.03. The zero-order valence-electron chi connectivity index (χ0n) is 55.8. The van der Waals surface area contributed by atoms with Gasteiger partial charge in [-0.3, -0.25) is 19.2 Å². The number of carbonyl (C=O) groups is 6. The number of hydrogen-bond donors (Lipinski definition) is 7. The van der Waals surface area contributed by atoms with E-state index in [1.54, 1.807) is 53.5 Å². The zero-order valence-corrected chi connectivity index (χ0v) is 55.8. The summed E-state index contributed by atoms with van der Waals surface area (Å²) < 4.78 is 36.5. The van der Waals surface area contributed by atoms with Gasteiger partial charge in [0, 0.05) is 128 Å². The second kappa shape index (κ2) is 34.6. The van der Waals surface area contributed by atoms with E-state index in [-0.39, 0.29) is 61.5 Å². The predicted molar refractivity (Wildman–Crippen MR) is 347 cm³/mol. The van der Waals surface area contributed by atoms with Crippen molar-refractivity contribution in [2.75, 3.05) is 76.1 Å². The highest BCUT2D eigenvalue weighted by atomic mass is 16.6. The third kappa shape index (κ3) is 19.4. The number of nitrogens with one attached hydrogen (secondary N) is 2. The summed E-state index contributed by atoms with van der Waals surface area (Å²) in [4.78, 5) is 106. The van der Waals surface area contributed by atoms with E-state index in [1.165, 1.54) is 18.2 Å². The second-order valence-electron chi connectivity index (χ2n) is 25.9. The van der Waals surface area contributed by atoms with Gasteiger partial charge in [0.05, 0.1) is 30.0 Å². The molecule has 1 saturated carbocycles. The van der Waals surface area contributed by atoms with Crippen molar-refractivity contribution in [1.82, 2.24) is 35.5 Å². The Kier molecular flexibility index (Phi) is 27.4. The third-order valence-corrected chi connectivity index (χ3v) is 19.0. The van der Waals surface area contributed by atoms with Crippen molar-refractivity contribution in [3.05, 3.63) is 77.3 Å². The van der Waals surface area contributed by atoms with Gasteiger partial charge in [-0.1, -0.05) is 64.2 Å². The first-order valence-electron chi connectivity index (χ1n) is 33.0. The van der Waals surface area contributed by atoms with Crippen molar-refractivity contribution in [3.63, 3.8) is 0 Å². The molecule has 3 saturated heterocycles. The van der Waals surface area contributed by atoms with Crippen molar-refractivity contribution >= 4 is 53.2 Å². The van der Waals surface area contributed by atoms with E-state index >= 15 is 0 Å². The fourth-order valence-electron chi connectivity index (χ4n) is 13.3. The number of nitrogens with zero attached hydrogens (tertiary/aromatic N) is 7. The Hall–Kier alpha value is -6.78. The van der Waals surface area contributed by atoms with E-state index in [0.29, 0.717) is 114 Å². The van der Waals surface area contributed by atoms with Crippen LogP contribution in [0, 0.1) is 29.6 Å². The summed E-state index contributed by atoms with van der Waals surface area (Å²) in [6.45, 7) is 15.4. The number of aliphatic hydroxyl groups is 3. The lowest BCUT2D eigenvalue weighted by atomic mass is 9.80. The number of amides is 3. The smallest absolute Gasteiger partial charge is 0.407 e. The van der Waals surface area contributed by atoms with Gasteiger partial charge in [-0.15, -0.1) is 0 Å². The minimum absolute atomic E-state index is 0.0364. The maximum atomic E-state index is 14.8. The van der Waals surface area contributed by atoms with Gasteiger partial charge in [0.1, 0.15) is 36.3 Å². The molecule has 0 spiro atoms. The number of ketones is 2. The lowest BCUT2D eigenvalue weighted by Crippen LogP contribution is -2.61. The van der Waals surface area contributed by atoms with E-state index in [2.05, 4.69) is 30.6 Å². The fourth-order valence-corrected chi connectivity index (χ4v) is 13.3. The molecule has 0 aromatic carbocycles. The van der Waals surface area contributed by atoms with Gasteiger partial charge < -0.3 is 80.5 Å². The topological polar surface area (TPSA) is 356 Å². The molecule has 1 aliphatic carbocycles. The van der Waals surface area contributed by atoms with Crippen LogP contribution in [0.15, 0.2) is 66.2 Å². The highest BCUT2D eigenvalue weighted by Gasteiger charge is 2.53. The van der Waals surface area contributed by atoms with Crippen LogP contribution >= 0.6 is 0 Å². The highest BCUT2D eigenvalue weighted by Crippen LogP contribution is 2.38. The van der Waals surface area contributed by atoms with Crippen molar-refractivity contribution in [2.45, 2.75) is 199 Å². The van der Waals surface area contributed by atoms with E-state index in [4.69, 9.17) is 39.9 Å². The monoisotopic (exact) mass is 1300 g/mol. The van der Waals surface area contributed by atoms with Crippen LogP contribution in [0.1, 0.15) is 141 Å². The van der Waals surface area contributed by atoms with Gasteiger partial charge in [0.15, 0.2) is 5.78 Å². The molecule has 514 valence electrons. The van der Waals surface area contributed by atoms with Gasteiger partial charge in [-0.05, 0) is 108 Å². The molecule has 0 radical (unpaired) electrons. The summed E-state index contributed by atoms with van der Waals surface area (Å²) in [7, 11) is 4.60. The number of carbonyl (C=O) groups excluding carboxylic acids is 6. The fraction of sp³-hybridized carbons (Fsp3) is 0.672. The molecule has 26 nitrogen and oxygen atoms in total. The van der Waals surface area contributed by atoms with Gasteiger partial charge >= 0.3 is 12.1 Å². The molecular weight excluding hydrogens is 1200 g/mol. The molecule has 9 N–H and O–H groups in total. The molecule has 5 aliphatic rings. The minimum atomic E-state index is -2.48. The number of nitrogen functional groups attached to an aromatic ring is 1. The number of allylic oxidation sites excluding steroid dienone is 5. The lowest BCUT2D eigenvalue weighted by Gasteiger charge is -2.43. The van der Waals surface area contributed by atoms with Crippen molar-refractivity contribution in [2.24, 2.45) is 35.3 Å². The molecule has 2 aromatic rings. The first-order chi connectivity index (χ1) is 44.4. The summed E-state index contributed by atoms with van der Waals surface area (Å²) in [5, 5.41) is 40.3. The van der Waals surface area contributed by atoms with Gasteiger partial charge in [0.25, 0.3) is 17.6 Å². The van der Waals surface area contributed by atoms with Crippen LogP contribution in [0.4, 0.5) is 22.5 Å². The van der Waals surface area contributed by atoms with E-state index in [1.807, 2.05) is 67.9 Å². The van der Waals surface area contributed by atoms with E-state index in [9.17, 15) is 44.1 Å². The number of anilines is 3. The first kappa shape index (κ1) is 73.6. The average molecular weight is 1300 g/mol. The molecule has 7 rings (SSSR count). The largest absolute Gasteiger partial charge is 0.459 e. The molecule has 2 bridgehead atoms. The van der Waals surface area contributed by atoms with Crippen LogP contribution in [0.5, 0.6) is 0 Å². The molecule has 0 unspecified atom stereocenters. The van der Waals surface area contributed by atoms with Crippen LogP contribution in [-0.2, 0) is 54.1 Å². The number of nitrogens with two attached hydrogens (primary N) is 2. The molecule has 6 heterocycles. The third-order valence-electron chi connectivity index (χ3n) is 19.0. The minimum Gasteiger partial charge on any atom is -0.459 e. The van der Waals surface area contributed by atoms with Crippen molar-refractivity contribution in [1.29, 1.82) is 0 Å². The maximum Gasteiger partial charge on any atom is 0.407 e. The lowest BCUT2D eigenvalue weighted by molar-refractivity contribution is -0.265. The number of cyclic esters (lactones) is 1. The van der Waals surface area contributed by atoms with Crippen LogP contribution < -0.4 is 31.9 Å². The molecule has 16 atom stereocenters. The van der Waals surface area contributed by atoms with E-state index < -0.39 is 114 Å². The summed E-state index contributed by atoms with van der Waals surface area (Å²) in [6.07, 6.45) is 12.6. The number of ether oxygens (including phenoxy) is 6. The Morgan fingerprint density at radius 3 is 2.13 bits per heavy atom. The number of aliphatic hydroxyl groups excluding tert-OH is 2. The number of Topliss-reactive ketones (excluding diaryl/α,β-unsaturated/α-hetero) is 2. The van der Waals surface area contributed by atoms with Crippen LogP contribution in [0.2, 0.25) is 0 Å². The highest BCUT2D eigenvalue weighted by molar-refractivity contribution is 6.39. The number of alkyl carbamates (subject to hydrolysis) is 1. The van der Waals surface area contributed by atoms with Crippen LogP contribution in [0.3, 0.4) is 0 Å². The molecule has 3 amide bonds. The number of rotatable bonds is 13. The SMILES string of the molecule is CCNC(=O)c1cnc(N2CCN(c3ncc(CNC(=O)O[C@@H]4CC[C@@H](C[C@@H](N)[C@@H]5C[C@@H](OC)[C@H](C)/C=C(\C)[C@@H](O)[C@@H](O)C(=O)[C@H](C)C[C@H](C)/C=C/C=C/C=C(\C)[C@@H](OC)C[C@@H]6CC[C@@H](C)[C@@](O)(O6)C(=O)C(=O)N6CCCC[C@H]6C(=O)O5)C[C@H]4OC)cn3)CC2)nc1N.